The summed E-state index contributed by atoms with van der Waals surface area (Å²) in [6.07, 6.45) is 2.50. The molecule has 1 aromatic carbocycles. The number of rotatable bonds is 8. The maximum absolute atomic E-state index is 12.0. The van der Waals surface area contributed by atoms with Gasteiger partial charge < -0.3 is 21.1 Å². The maximum atomic E-state index is 12.0. The second-order valence-electron chi connectivity index (χ2n) is 5.70. The fourth-order valence-electron chi connectivity index (χ4n) is 2.31. The van der Waals surface area contributed by atoms with Crippen molar-refractivity contribution in [3.05, 3.63) is 58.9 Å². The van der Waals surface area contributed by atoms with Crippen molar-refractivity contribution in [3.63, 3.8) is 0 Å². The van der Waals surface area contributed by atoms with E-state index >= 15 is 0 Å². The van der Waals surface area contributed by atoms with Gasteiger partial charge in [0.1, 0.15) is 10.9 Å². The monoisotopic (exact) mass is 517 g/mol. The smallest absolute Gasteiger partial charge is 0.255 e. The van der Waals surface area contributed by atoms with E-state index in [4.69, 9.17) is 11.6 Å². The van der Waals surface area contributed by atoms with Crippen molar-refractivity contribution in [1.82, 2.24) is 20.9 Å². The summed E-state index contributed by atoms with van der Waals surface area (Å²) in [6.45, 7) is 4.23. The molecule has 0 radical (unpaired) electrons. The fourth-order valence-corrected chi connectivity index (χ4v) is 2.42. The highest BCUT2D eigenvalue weighted by molar-refractivity contribution is 14.0. The van der Waals surface area contributed by atoms with E-state index in [9.17, 15) is 9.90 Å². The number of hydrogen-bond acceptors (Lipinski definition) is 4. The summed E-state index contributed by atoms with van der Waals surface area (Å²) in [5.41, 5.74) is 1.32. The number of phenols is 1. The SMILES string of the molecule is CCNC(=NCCc1ccc(Cl)nc1)NCCNC(=O)c1ccccc1O.I. The van der Waals surface area contributed by atoms with Crippen molar-refractivity contribution in [2.24, 2.45) is 4.99 Å². The molecule has 0 unspecified atom stereocenters. The summed E-state index contributed by atoms with van der Waals surface area (Å²) in [4.78, 5) is 20.6. The van der Waals surface area contributed by atoms with Gasteiger partial charge in [0.15, 0.2) is 5.96 Å². The largest absolute Gasteiger partial charge is 0.507 e. The van der Waals surface area contributed by atoms with Crippen LogP contribution in [0.15, 0.2) is 47.6 Å². The molecule has 0 saturated carbocycles. The van der Waals surface area contributed by atoms with Gasteiger partial charge in [0.25, 0.3) is 5.91 Å². The van der Waals surface area contributed by atoms with Crippen LogP contribution in [0.3, 0.4) is 0 Å². The lowest BCUT2D eigenvalue weighted by Crippen LogP contribution is -2.41. The van der Waals surface area contributed by atoms with Gasteiger partial charge in [-0.15, -0.1) is 24.0 Å². The van der Waals surface area contributed by atoms with Crippen molar-refractivity contribution in [2.45, 2.75) is 13.3 Å². The van der Waals surface area contributed by atoms with Gasteiger partial charge in [0, 0.05) is 32.4 Å². The molecule has 1 aromatic heterocycles. The van der Waals surface area contributed by atoms with Crippen LogP contribution in [0.5, 0.6) is 5.75 Å². The zero-order valence-electron chi connectivity index (χ0n) is 15.6. The summed E-state index contributed by atoms with van der Waals surface area (Å²) in [5, 5.41) is 19.2. The summed E-state index contributed by atoms with van der Waals surface area (Å²) in [6, 6.07) is 10.1. The van der Waals surface area contributed by atoms with Gasteiger partial charge in [-0.05, 0) is 37.1 Å². The highest BCUT2D eigenvalue weighted by Gasteiger charge is 2.09. The van der Waals surface area contributed by atoms with Crippen LogP contribution in [0, 0.1) is 0 Å². The molecule has 0 fully saturated rings. The number of aromatic hydroxyl groups is 1. The predicted molar refractivity (Wildman–Crippen MR) is 123 cm³/mol. The Bertz CT molecular complexity index is 771. The second kappa shape index (κ2) is 13.2. The first-order valence-electron chi connectivity index (χ1n) is 8.79. The van der Waals surface area contributed by atoms with E-state index in [2.05, 4.69) is 25.9 Å². The van der Waals surface area contributed by atoms with Gasteiger partial charge >= 0.3 is 0 Å². The third-order valence-corrected chi connectivity index (χ3v) is 3.88. The number of carbonyl (C=O) groups excluding carboxylic acids is 1. The number of hydrogen-bond donors (Lipinski definition) is 4. The molecule has 0 aliphatic rings. The molecule has 7 nitrogen and oxygen atoms in total. The van der Waals surface area contributed by atoms with Gasteiger partial charge in [-0.25, -0.2) is 4.98 Å². The number of guanidine groups is 1. The van der Waals surface area contributed by atoms with Crippen LogP contribution in [0.4, 0.5) is 0 Å². The molecule has 0 saturated heterocycles. The lowest BCUT2D eigenvalue weighted by Gasteiger charge is -2.12. The van der Waals surface area contributed by atoms with Gasteiger partial charge in [0.2, 0.25) is 0 Å². The van der Waals surface area contributed by atoms with Crippen LogP contribution >= 0.6 is 35.6 Å². The van der Waals surface area contributed by atoms with E-state index in [0.717, 1.165) is 18.5 Å². The van der Waals surface area contributed by atoms with Gasteiger partial charge in [-0.3, -0.25) is 9.79 Å². The first kappa shape index (κ1) is 24.0. The number of benzene rings is 1. The molecule has 28 heavy (non-hydrogen) atoms. The topological polar surface area (TPSA) is 98.6 Å². The first-order chi connectivity index (χ1) is 13.1. The Labute approximate surface area is 187 Å². The molecule has 1 heterocycles. The van der Waals surface area contributed by atoms with Crippen molar-refractivity contribution in [3.8, 4) is 5.75 Å². The number of pyridine rings is 1. The van der Waals surface area contributed by atoms with E-state index in [1.165, 1.54) is 6.07 Å². The lowest BCUT2D eigenvalue weighted by molar-refractivity contribution is 0.0951. The Morgan fingerprint density at radius 1 is 1.14 bits per heavy atom. The minimum Gasteiger partial charge on any atom is -0.507 e. The van der Waals surface area contributed by atoms with Crippen LogP contribution in [0.25, 0.3) is 0 Å². The molecule has 0 bridgehead atoms. The summed E-state index contributed by atoms with van der Waals surface area (Å²) < 4.78 is 0. The Hall–Kier alpha value is -2.07. The summed E-state index contributed by atoms with van der Waals surface area (Å²) in [7, 11) is 0. The highest BCUT2D eigenvalue weighted by Crippen LogP contribution is 2.14. The lowest BCUT2D eigenvalue weighted by atomic mass is 10.2. The van der Waals surface area contributed by atoms with Crippen molar-refractivity contribution >= 4 is 47.4 Å². The number of halogens is 2. The fraction of sp³-hybridized carbons (Fsp3) is 0.316. The molecule has 0 atom stereocenters. The second-order valence-corrected chi connectivity index (χ2v) is 6.09. The quantitative estimate of drug-likeness (QED) is 0.142. The molecule has 1 amide bonds. The molecule has 9 heteroatoms. The van der Waals surface area contributed by atoms with Crippen LogP contribution in [-0.4, -0.2) is 48.1 Å². The minimum atomic E-state index is -0.313. The summed E-state index contributed by atoms with van der Waals surface area (Å²) in [5.74, 6) is 0.331. The van der Waals surface area contributed by atoms with E-state index < -0.39 is 0 Å². The van der Waals surface area contributed by atoms with E-state index in [1.807, 2.05) is 13.0 Å². The number of phenolic OH excluding ortho intramolecular Hbond substituents is 1. The van der Waals surface area contributed by atoms with Crippen LogP contribution < -0.4 is 16.0 Å². The summed E-state index contributed by atoms with van der Waals surface area (Å²) >= 11 is 5.78. The highest BCUT2D eigenvalue weighted by atomic mass is 127. The van der Waals surface area contributed by atoms with E-state index in [0.29, 0.717) is 30.7 Å². The third-order valence-electron chi connectivity index (χ3n) is 3.65. The molecule has 2 aromatic rings. The van der Waals surface area contributed by atoms with Crippen LogP contribution in [0.1, 0.15) is 22.8 Å². The van der Waals surface area contributed by atoms with E-state index in [1.54, 1.807) is 30.5 Å². The number of aliphatic imine (C=N–C) groups is 1. The Morgan fingerprint density at radius 2 is 1.89 bits per heavy atom. The molecule has 0 aliphatic carbocycles. The first-order valence-corrected chi connectivity index (χ1v) is 9.16. The van der Waals surface area contributed by atoms with Gasteiger partial charge in [-0.2, -0.15) is 0 Å². The Kier molecular flexibility index (Phi) is 11.3. The molecule has 4 N–H and O–H groups in total. The molecular weight excluding hydrogens is 493 g/mol. The molecule has 0 aliphatic heterocycles. The molecule has 152 valence electrons. The van der Waals surface area contributed by atoms with Crippen LogP contribution in [-0.2, 0) is 6.42 Å². The number of amides is 1. The molecule has 2 rings (SSSR count). The number of carbonyl (C=O) groups is 1. The predicted octanol–water partition coefficient (Wildman–Crippen LogP) is 2.59. The van der Waals surface area contributed by atoms with Crippen LogP contribution in [0.2, 0.25) is 5.15 Å². The van der Waals surface area contributed by atoms with Gasteiger partial charge in [-0.1, -0.05) is 29.8 Å². The van der Waals surface area contributed by atoms with Crippen molar-refractivity contribution in [2.75, 3.05) is 26.2 Å². The van der Waals surface area contributed by atoms with Crippen molar-refractivity contribution in [1.29, 1.82) is 0 Å². The number of para-hydroxylation sites is 1. The standard InChI is InChI=1S/C19H24ClN5O2.HI/c1-2-21-19(23-10-9-14-7-8-17(20)25-13-14)24-12-11-22-18(27)15-5-3-4-6-16(15)26;/h3-8,13,26H,2,9-12H2,1H3,(H,22,27)(H2,21,23,24);1H. The average Bonchev–Trinajstić information content (AvgIpc) is 2.67. The number of nitrogens with one attached hydrogen (secondary N) is 3. The van der Waals surface area contributed by atoms with Gasteiger partial charge in [0.05, 0.1) is 5.56 Å². The third kappa shape index (κ3) is 8.30. The number of aromatic nitrogens is 1. The minimum absolute atomic E-state index is 0. The van der Waals surface area contributed by atoms with Crippen molar-refractivity contribution < 1.29 is 9.90 Å². The molecular formula is C19H25ClIN5O2. The average molecular weight is 518 g/mol. The molecule has 0 spiro atoms. The maximum Gasteiger partial charge on any atom is 0.255 e. The number of nitrogens with zero attached hydrogens (tertiary/aromatic N) is 2. The Morgan fingerprint density at radius 3 is 2.57 bits per heavy atom. The zero-order chi connectivity index (χ0) is 19.5. The normalized spacial score (nSPS) is 10.7. The zero-order valence-corrected chi connectivity index (χ0v) is 18.7. The van der Waals surface area contributed by atoms with E-state index in [-0.39, 0.29) is 41.2 Å². The Balaban J connectivity index is 0.00000392.